The summed E-state index contributed by atoms with van der Waals surface area (Å²) in [4.78, 5) is 0. The summed E-state index contributed by atoms with van der Waals surface area (Å²) in [6, 6.07) is 39.1. The van der Waals surface area contributed by atoms with E-state index in [2.05, 4.69) is 280 Å². The highest BCUT2D eigenvalue weighted by molar-refractivity contribution is 5.97. The number of allylic oxidation sites excluding steroid dienone is 22. The lowest BCUT2D eigenvalue weighted by Gasteiger charge is -2.12. The molecule has 0 aliphatic rings. The zero-order chi connectivity index (χ0) is 50.8. The second-order valence-corrected chi connectivity index (χ2v) is 17.1. The predicted molar refractivity (Wildman–Crippen MR) is 319 cm³/mol. The number of terminal acetylenes is 1. The molecule has 1 N–H and O–H groups in total. The standard InChI is InChI=1S/C70H68N2/c1-8-13-17-18-19-25-53-72-54-65(34-20-14-9-2)70(56(72)7)69(40-16-11-4)63(51-52-71-66(29-12-5)39-23-21-32-59-36-27-35-58(55(59)6)31-15-10-3)37-26-30-57-43-45-60(46-44-57)61-47-49-64(50-48-61)68-42-28-38-62-33-22-24-41-67(62)68/h3,8-9,11-16,18-31,33-54,71H,17,32H2,1-2,4-7H3/b13-8-,14-9-,16-11-,19-18-,23-21+,29-12-,30-26-,31-15-,34-20-,52-51+,53-25+,63-37+,66-39+,69-40-. The summed E-state index contributed by atoms with van der Waals surface area (Å²) in [5.74, 6) is 2.60. The van der Waals surface area contributed by atoms with E-state index < -0.39 is 0 Å². The molecule has 2 nitrogen and oxygen atoms in total. The van der Waals surface area contributed by atoms with Gasteiger partial charge in [-0.1, -0.05) is 218 Å². The fraction of sp³-hybridized carbons (Fsp3) is 0.114. The first-order valence-electron chi connectivity index (χ1n) is 24.9. The number of benzene rings is 5. The van der Waals surface area contributed by atoms with Crippen LogP contribution in [-0.4, -0.2) is 4.57 Å². The van der Waals surface area contributed by atoms with E-state index in [9.17, 15) is 0 Å². The van der Waals surface area contributed by atoms with E-state index >= 15 is 0 Å². The Labute approximate surface area is 431 Å². The van der Waals surface area contributed by atoms with Crippen LogP contribution in [0.25, 0.3) is 63.0 Å². The Morgan fingerprint density at radius 1 is 0.597 bits per heavy atom. The molecule has 1 heterocycles. The molecule has 0 aliphatic heterocycles. The molecule has 1 aromatic heterocycles. The molecule has 0 saturated carbocycles. The van der Waals surface area contributed by atoms with Gasteiger partial charge in [-0.25, -0.2) is 0 Å². The molecule has 0 radical (unpaired) electrons. The number of nitrogens with zero attached hydrogens (tertiary/aromatic N) is 1. The van der Waals surface area contributed by atoms with Crippen molar-refractivity contribution < 1.29 is 0 Å². The van der Waals surface area contributed by atoms with Gasteiger partial charge in [-0.3, -0.25) is 0 Å². The van der Waals surface area contributed by atoms with E-state index in [1.165, 1.54) is 44.2 Å². The summed E-state index contributed by atoms with van der Waals surface area (Å²) in [5, 5.41) is 6.10. The van der Waals surface area contributed by atoms with Gasteiger partial charge in [0.05, 0.1) is 0 Å². The fourth-order valence-electron chi connectivity index (χ4n) is 8.35. The van der Waals surface area contributed by atoms with Gasteiger partial charge in [0.1, 0.15) is 0 Å². The van der Waals surface area contributed by atoms with E-state index in [4.69, 9.17) is 6.42 Å². The van der Waals surface area contributed by atoms with E-state index in [0.717, 1.165) is 57.6 Å². The zero-order valence-electron chi connectivity index (χ0n) is 42.8. The van der Waals surface area contributed by atoms with Crippen LogP contribution in [-0.2, 0) is 6.42 Å². The Kier molecular flexibility index (Phi) is 21.1. The van der Waals surface area contributed by atoms with Gasteiger partial charge < -0.3 is 9.88 Å². The van der Waals surface area contributed by atoms with Crippen LogP contribution in [0.5, 0.6) is 0 Å². The number of hydrogen-bond acceptors (Lipinski definition) is 1. The maximum Gasteiger partial charge on any atom is 0.0376 e. The summed E-state index contributed by atoms with van der Waals surface area (Å²) in [5.41, 5.74) is 16.1. The van der Waals surface area contributed by atoms with Crippen LogP contribution >= 0.6 is 0 Å². The fourth-order valence-corrected chi connectivity index (χ4v) is 8.35. The maximum absolute atomic E-state index is 5.48. The topological polar surface area (TPSA) is 17.0 Å². The smallest absolute Gasteiger partial charge is 0.0376 e. The number of fused-ring (bicyclic) bond motifs is 1. The Morgan fingerprint density at radius 3 is 2.11 bits per heavy atom. The first-order valence-corrected chi connectivity index (χ1v) is 24.9. The molecular weight excluding hydrogens is 869 g/mol. The molecule has 0 aliphatic carbocycles. The minimum absolute atomic E-state index is 0.811. The Balaban J connectivity index is 1.33. The van der Waals surface area contributed by atoms with Crippen molar-refractivity contribution >= 4 is 40.8 Å². The summed E-state index contributed by atoms with van der Waals surface area (Å²) in [7, 11) is 0. The highest BCUT2D eigenvalue weighted by Crippen LogP contribution is 2.34. The highest BCUT2D eigenvalue weighted by Gasteiger charge is 2.16. The van der Waals surface area contributed by atoms with Gasteiger partial charge in [0.2, 0.25) is 0 Å². The molecular formula is C70H68N2. The third kappa shape index (κ3) is 15.2. The normalized spacial score (nSPS) is 13.4. The third-order valence-corrected chi connectivity index (χ3v) is 12.2. The summed E-state index contributed by atoms with van der Waals surface area (Å²) in [6.45, 7) is 12.5. The number of aromatic nitrogens is 1. The molecule has 0 amide bonds. The molecule has 6 aromatic rings. The van der Waals surface area contributed by atoms with Crippen molar-refractivity contribution in [2.75, 3.05) is 0 Å². The van der Waals surface area contributed by atoms with Gasteiger partial charge in [-0.15, -0.1) is 6.42 Å². The van der Waals surface area contributed by atoms with Crippen molar-refractivity contribution in [2.24, 2.45) is 0 Å². The van der Waals surface area contributed by atoms with Gasteiger partial charge in [-0.2, -0.15) is 0 Å². The largest absolute Gasteiger partial charge is 0.362 e. The minimum atomic E-state index is 0.811. The molecule has 72 heavy (non-hydrogen) atoms. The zero-order valence-corrected chi connectivity index (χ0v) is 42.8. The van der Waals surface area contributed by atoms with E-state index in [1.54, 1.807) is 6.08 Å². The van der Waals surface area contributed by atoms with Crippen molar-refractivity contribution in [3.63, 3.8) is 0 Å². The summed E-state index contributed by atoms with van der Waals surface area (Å²) in [6.07, 6.45) is 62.0. The van der Waals surface area contributed by atoms with Crippen LogP contribution in [0, 0.1) is 26.2 Å². The van der Waals surface area contributed by atoms with E-state index in [1.807, 2.05) is 39.1 Å². The molecule has 6 rings (SSSR count). The summed E-state index contributed by atoms with van der Waals surface area (Å²) >= 11 is 0. The minimum Gasteiger partial charge on any atom is -0.362 e. The molecule has 2 heteroatoms. The van der Waals surface area contributed by atoms with Crippen molar-refractivity contribution in [1.82, 2.24) is 9.88 Å². The van der Waals surface area contributed by atoms with Crippen molar-refractivity contribution in [1.29, 1.82) is 0 Å². The molecule has 0 bridgehead atoms. The molecule has 0 spiro atoms. The van der Waals surface area contributed by atoms with Gasteiger partial charge >= 0.3 is 0 Å². The SMILES string of the molecule is C#C/C=C\c1cccc(C/C=C/C=C(\C=C/C)N/C=C/C(=C\C=C/c2ccc(-c3ccc(-c4cccc5ccccc45)cc3)cc2)C(=C/C=C\C)/c2c(/C=C\C=C/C)cn(/C=C/C=C\C/C=C\C)c2C)c1C. The van der Waals surface area contributed by atoms with Crippen LogP contribution in [0.15, 0.2) is 254 Å². The maximum atomic E-state index is 5.48. The number of nitrogens with one attached hydrogen (secondary N) is 1. The Morgan fingerprint density at radius 2 is 1.35 bits per heavy atom. The molecule has 358 valence electrons. The van der Waals surface area contributed by atoms with E-state index in [0.29, 0.717) is 0 Å². The molecule has 5 aromatic carbocycles. The Bertz CT molecular complexity index is 3230. The monoisotopic (exact) mass is 937 g/mol. The third-order valence-electron chi connectivity index (χ3n) is 12.2. The highest BCUT2D eigenvalue weighted by atomic mass is 14.9. The lowest BCUT2D eigenvalue weighted by molar-refractivity contribution is 1.08. The van der Waals surface area contributed by atoms with Crippen LogP contribution in [0.4, 0.5) is 0 Å². The van der Waals surface area contributed by atoms with Crippen molar-refractivity contribution in [3.05, 3.63) is 293 Å². The molecule has 0 saturated heterocycles. The quantitative estimate of drug-likeness (QED) is 0.0432. The van der Waals surface area contributed by atoms with Gasteiger partial charge in [-0.05, 0) is 157 Å². The molecule has 0 fully saturated rings. The number of hydrogen-bond donors (Lipinski definition) is 1. The van der Waals surface area contributed by atoms with Crippen LogP contribution in [0.3, 0.4) is 0 Å². The first-order chi connectivity index (χ1) is 35.4. The Hall–Kier alpha value is -8.64. The average Bonchev–Trinajstić information content (AvgIpc) is 3.71. The predicted octanol–water partition coefficient (Wildman–Crippen LogP) is 18.8. The average molecular weight is 937 g/mol. The number of rotatable bonds is 21. The summed E-state index contributed by atoms with van der Waals surface area (Å²) < 4.78 is 2.22. The van der Waals surface area contributed by atoms with Gasteiger partial charge in [0, 0.05) is 41.1 Å². The van der Waals surface area contributed by atoms with Crippen molar-refractivity contribution in [3.8, 4) is 34.6 Å². The van der Waals surface area contributed by atoms with E-state index in [-0.39, 0.29) is 0 Å². The van der Waals surface area contributed by atoms with Crippen LogP contribution in [0.1, 0.15) is 73.2 Å². The van der Waals surface area contributed by atoms with Crippen LogP contribution < -0.4 is 5.32 Å². The van der Waals surface area contributed by atoms with Gasteiger partial charge in [0.15, 0.2) is 0 Å². The molecule has 0 atom stereocenters. The first kappa shape index (κ1) is 52.7. The van der Waals surface area contributed by atoms with Crippen LogP contribution in [0.2, 0.25) is 0 Å². The van der Waals surface area contributed by atoms with Crippen molar-refractivity contribution in [2.45, 2.75) is 54.4 Å². The second-order valence-electron chi connectivity index (χ2n) is 17.1. The second kappa shape index (κ2) is 28.8. The lowest BCUT2D eigenvalue weighted by Crippen LogP contribution is -2.02. The lowest BCUT2D eigenvalue weighted by atomic mass is 9.93. The molecule has 0 unspecified atom stereocenters. The van der Waals surface area contributed by atoms with Gasteiger partial charge in [0.25, 0.3) is 0 Å².